The molecule has 3 rings (SSSR count). The summed E-state index contributed by atoms with van der Waals surface area (Å²) in [7, 11) is 5.01. The molecule has 0 unspecified atom stereocenters. The molecule has 0 amide bonds. The van der Waals surface area contributed by atoms with Gasteiger partial charge < -0.3 is 19.7 Å². The molecule has 3 aromatic rings. The first-order chi connectivity index (χ1) is 11.5. The van der Waals surface area contributed by atoms with Crippen LogP contribution in [0.3, 0.4) is 0 Å². The molecule has 24 heavy (non-hydrogen) atoms. The zero-order chi connectivity index (χ0) is 17.3. The Morgan fingerprint density at radius 2 is 1.62 bits per heavy atom. The normalized spacial score (nSPS) is 10.8. The summed E-state index contributed by atoms with van der Waals surface area (Å²) in [4.78, 5) is 0. The fourth-order valence-electron chi connectivity index (χ4n) is 2.87. The van der Waals surface area contributed by atoms with Gasteiger partial charge in [0.15, 0.2) is 34.9 Å². The summed E-state index contributed by atoms with van der Waals surface area (Å²) < 4.78 is 12.3. The van der Waals surface area contributed by atoms with Crippen LogP contribution >= 0.6 is 0 Å². The zero-order valence-corrected chi connectivity index (χ0v) is 13.9. The molecule has 5 heteroatoms. The van der Waals surface area contributed by atoms with E-state index in [2.05, 4.69) is 0 Å². The Kier molecular flexibility index (Phi) is 4.16. The number of phenolic OH excluding ortho intramolecular Hbond substituents is 2. The van der Waals surface area contributed by atoms with E-state index in [9.17, 15) is 10.2 Å². The largest absolute Gasteiger partial charge is 0.504 e. The van der Waals surface area contributed by atoms with Gasteiger partial charge in [0.25, 0.3) is 0 Å². The highest BCUT2D eigenvalue weighted by atomic mass is 16.5. The molecule has 1 aromatic heterocycles. The monoisotopic (exact) mass is 326 g/mol. The van der Waals surface area contributed by atoms with E-state index in [1.165, 1.54) is 14.2 Å². The highest BCUT2D eigenvalue weighted by Crippen LogP contribution is 2.33. The number of aryl methyl sites for hydroxylation is 1. The molecule has 1 heterocycles. The lowest BCUT2D eigenvalue weighted by molar-refractivity contribution is -0.677. The molecule has 0 atom stereocenters. The third kappa shape index (κ3) is 2.80. The van der Waals surface area contributed by atoms with E-state index >= 15 is 0 Å². The summed E-state index contributed by atoms with van der Waals surface area (Å²) in [5.41, 5.74) is 1.97. The van der Waals surface area contributed by atoms with Crippen molar-refractivity contribution in [3.63, 3.8) is 0 Å². The number of pyridine rings is 1. The Hall–Kier alpha value is -2.95. The molecule has 0 spiro atoms. The lowest BCUT2D eigenvalue weighted by atomic mass is 10.0. The van der Waals surface area contributed by atoms with Gasteiger partial charge in [-0.05, 0) is 35.2 Å². The first kappa shape index (κ1) is 15.9. The Morgan fingerprint density at radius 1 is 0.917 bits per heavy atom. The van der Waals surface area contributed by atoms with Gasteiger partial charge >= 0.3 is 0 Å². The summed E-state index contributed by atoms with van der Waals surface area (Å²) in [5, 5.41) is 22.0. The van der Waals surface area contributed by atoms with Crippen LogP contribution in [-0.4, -0.2) is 24.4 Å². The minimum atomic E-state index is 0.107. The smallest absolute Gasteiger partial charge is 0.193 e. The molecule has 0 aliphatic carbocycles. The van der Waals surface area contributed by atoms with Crippen molar-refractivity contribution in [2.45, 2.75) is 6.42 Å². The average molecular weight is 326 g/mol. The minimum Gasteiger partial charge on any atom is -0.504 e. The number of aromatic hydroxyl groups is 2. The van der Waals surface area contributed by atoms with Gasteiger partial charge in [-0.1, -0.05) is 6.07 Å². The summed E-state index contributed by atoms with van der Waals surface area (Å²) in [6.07, 6.45) is 2.58. The average Bonchev–Trinajstić information content (AvgIpc) is 2.57. The van der Waals surface area contributed by atoms with Crippen molar-refractivity contribution in [3.05, 3.63) is 53.9 Å². The van der Waals surface area contributed by atoms with Crippen molar-refractivity contribution in [2.24, 2.45) is 7.05 Å². The highest BCUT2D eigenvalue weighted by Gasteiger charge is 2.16. The molecular weight excluding hydrogens is 306 g/mol. The van der Waals surface area contributed by atoms with E-state index in [1.807, 2.05) is 36.0 Å². The van der Waals surface area contributed by atoms with Crippen LogP contribution < -0.4 is 14.0 Å². The fraction of sp³-hybridized carbons (Fsp3) is 0.211. The minimum absolute atomic E-state index is 0.107. The van der Waals surface area contributed by atoms with Crippen LogP contribution in [0, 0.1) is 0 Å². The van der Waals surface area contributed by atoms with Gasteiger partial charge in [0.05, 0.1) is 26.0 Å². The quantitative estimate of drug-likeness (QED) is 0.724. The Bertz CT molecular complexity index is 905. The molecule has 0 saturated carbocycles. The van der Waals surface area contributed by atoms with Gasteiger partial charge in [-0.15, -0.1) is 0 Å². The predicted octanol–water partition coefficient (Wildman–Crippen LogP) is 2.68. The second-order valence-electron chi connectivity index (χ2n) is 5.67. The van der Waals surface area contributed by atoms with Crippen LogP contribution in [0.15, 0.2) is 42.6 Å². The van der Waals surface area contributed by atoms with Crippen LogP contribution in [0.5, 0.6) is 23.0 Å². The lowest BCUT2D eigenvalue weighted by Gasteiger charge is -2.09. The van der Waals surface area contributed by atoms with Crippen LogP contribution in [0.25, 0.3) is 10.8 Å². The number of phenols is 2. The van der Waals surface area contributed by atoms with E-state index in [0.717, 1.165) is 22.0 Å². The van der Waals surface area contributed by atoms with E-state index in [1.54, 1.807) is 18.2 Å². The van der Waals surface area contributed by atoms with Crippen LogP contribution in [0.2, 0.25) is 0 Å². The van der Waals surface area contributed by atoms with Gasteiger partial charge in [-0.3, -0.25) is 0 Å². The summed E-state index contributed by atoms with van der Waals surface area (Å²) in [5.74, 6) is 1.12. The molecule has 0 saturated heterocycles. The van der Waals surface area contributed by atoms with Gasteiger partial charge in [-0.2, -0.15) is 0 Å². The molecule has 2 aromatic carbocycles. The molecule has 2 N–H and O–H groups in total. The van der Waals surface area contributed by atoms with Gasteiger partial charge in [0.2, 0.25) is 0 Å². The maximum Gasteiger partial charge on any atom is 0.193 e. The van der Waals surface area contributed by atoms with E-state index in [0.29, 0.717) is 17.9 Å². The molecule has 0 aliphatic heterocycles. The van der Waals surface area contributed by atoms with Crippen molar-refractivity contribution in [1.82, 2.24) is 0 Å². The standard InChI is InChI=1S/C19H19NO4/c1-20-7-6-13-10-19(24-3)17(22)11-14(13)15(20)8-12-4-5-18(23-2)16(21)9-12/h4-7,9-11H,8H2,1-3H3,(H-,21,22)/p+1. The maximum atomic E-state index is 10.1. The van der Waals surface area contributed by atoms with Crippen molar-refractivity contribution >= 4 is 10.8 Å². The number of benzene rings is 2. The number of nitrogens with zero attached hydrogens (tertiary/aromatic N) is 1. The number of aromatic nitrogens is 1. The maximum absolute atomic E-state index is 10.1. The first-order valence-electron chi connectivity index (χ1n) is 7.57. The molecule has 5 nitrogen and oxygen atoms in total. The van der Waals surface area contributed by atoms with Gasteiger partial charge in [-0.25, -0.2) is 4.57 Å². The molecule has 0 radical (unpaired) electrons. The summed E-state index contributed by atoms with van der Waals surface area (Å²) in [6.45, 7) is 0. The van der Waals surface area contributed by atoms with Crippen LogP contribution in [-0.2, 0) is 13.5 Å². The number of methoxy groups -OCH3 is 2. The van der Waals surface area contributed by atoms with Crippen molar-refractivity contribution in [2.75, 3.05) is 14.2 Å². The SMILES string of the molecule is COc1ccc(Cc2c3cc(O)c(OC)cc3cc[n+]2C)cc1O. The van der Waals surface area contributed by atoms with Crippen molar-refractivity contribution in [1.29, 1.82) is 0 Å². The van der Waals surface area contributed by atoms with Gasteiger partial charge in [0, 0.05) is 6.07 Å². The third-order valence-electron chi connectivity index (χ3n) is 4.18. The first-order valence-corrected chi connectivity index (χ1v) is 7.57. The number of hydrogen-bond acceptors (Lipinski definition) is 4. The third-order valence-corrected chi connectivity index (χ3v) is 4.18. The topological polar surface area (TPSA) is 62.8 Å². The second kappa shape index (κ2) is 6.28. The highest BCUT2D eigenvalue weighted by molar-refractivity contribution is 5.87. The van der Waals surface area contributed by atoms with E-state index in [4.69, 9.17) is 9.47 Å². The molecule has 124 valence electrons. The Balaban J connectivity index is 2.10. The Labute approximate surface area is 140 Å². The molecule has 0 aliphatic rings. The zero-order valence-electron chi connectivity index (χ0n) is 13.9. The summed E-state index contributed by atoms with van der Waals surface area (Å²) in [6, 6.07) is 10.9. The number of ether oxygens (including phenoxy) is 2. The molecule has 0 bridgehead atoms. The van der Waals surface area contributed by atoms with Gasteiger partial charge in [0.1, 0.15) is 7.05 Å². The Morgan fingerprint density at radius 3 is 2.29 bits per heavy atom. The van der Waals surface area contributed by atoms with Crippen molar-refractivity contribution in [3.8, 4) is 23.0 Å². The fourth-order valence-corrected chi connectivity index (χ4v) is 2.87. The van der Waals surface area contributed by atoms with Crippen molar-refractivity contribution < 1.29 is 24.3 Å². The summed E-state index contributed by atoms with van der Waals surface area (Å²) >= 11 is 0. The lowest BCUT2D eigenvalue weighted by Crippen LogP contribution is -2.33. The predicted molar refractivity (Wildman–Crippen MR) is 90.8 cm³/mol. The molecule has 0 fully saturated rings. The van der Waals surface area contributed by atoms with Crippen LogP contribution in [0.1, 0.15) is 11.3 Å². The number of fused-ring (bicyclic) bond motifs is 1. The van der Waals surface area contributed by atoms with E-state index in [-0.39, 0.29) is 11.5 Å². The van der Waals surface area contributed by atoms with E-state index < -0.39 is 0 Å². The number of rotatable bonds is 4. The molecular formula is C19H20NO4+. The van der Waals surface area contributed by atoms with Crippen LogP contribution in [0.4, 0.5) is 0 Å². The number of hydrogen-bond donors (Lipinski definition) is 2. The second-order valence-corrected chi connectivity index (χ2v) is 5.67.